The molecule has 0 aromatic carbocycles. The Bertz CT molecular complexity index is 127. The molecule has 13 heavy (non-hydrogen) atoms. The fourth-order valence-corrected chi connectivity index (χ4v) is 1.27. The Balaban J connectivity index is 0. The quantitative estimate of drug-likeness (QED) is 0.681. The SMILES string of the molecule is CCC(O)(CC)[C@@H](C)OC(C)N.Cl. The fourth-order valence-electron chi connectivity index (χ4n) is 1.27. The number of ether oxygens (including phenoxy) is 1. The summed E-state index contributed by atoms with van der Waals surface area (Å²) in [6.45, 7) is 7.52. The zero-order valence-corrected chi connectivity index (χ0v) is 9.73. The lowest BCUT2D eigenvalue weighted by molar-refractivity contribution is -0.124. The van der Waals surface area contributed by atoms with E-state index < -0.39 is 5.60 Å². The topological polar surface area (TPSA) is 55.5 Å². The Labute approximate surface area is 87.1 Å². The smallest absolute Gasteiger partial charge is 0.103 e. The van der Waals surface area contributed by atoms with Crippen LogP contribution in [0.3, 0.4) is 0 Å². The molecule has 0 aliphatic rings. The monoisotopic (exact) mass is 211 g/mol. The first-order valence-corrected chi connectivity index (χ1v) is 4.59. The van der Waals surface area contributed by atoms with E-state index >= 15 is 0 Å². The lowest BCUT2D eigenvalue weighted by Crippen LogP contribution is -2.43. The first-order valence-electron chi connectivity index (χ1n) is 4.59. The van der Waals surface area contributed by atoms with Gasteiger partial charge in [-0.2, -0.15) is 0 Å². The summed E-state index contributed by atoms with van der Waals surface area (Å²) in [7, 11) is 0. The largest absolute Gasteiger partial charge is 0.387 e. The van der Waals surface area contributed by atoms with E-state index in [9.17, 15) is 5.11 Å². The first-order chi connectivity index (χ1) is 5.46. The van der Waals surface area contributed by atoms with Crippen molar-refractivity contribution >= 4 is 12.4 Å². The molecule has 0 aromatic rings. The molecule has 0 fully saturated rings. The molecule has 1 unspecified atom stereocenters. The second kappa shape index (κ2) is 6.60. The van der Waals surface area contributed by atoms with Crippen molar-refractivity contribution in [3.63, 3.8) is 0 Å². The van der Waals surface area contributed by atoms with Crippen LogP contribution in [0.25, 0.3) is 0 Å². The Kier molecular flexibility index (Phi) is 7.93. The Morgan fingerprint density at radius 1 is 1.31 bits per heavy atom. The maximum Gasteiger partial charge on any atom is 0.103 e. The van der Waals surface area contributed by atoms with Crippen LogP contribution in [-0.2, 0) is 4.74 Å². The lowest BCUT2D eigenvalue weighted by atomic mass is 9.92. The summed E-state index contributed by atoms with van der Waals surface area (Å²) >= 11 is 0. The highest BCUT2D eigenvalue weighted by Gasteiger charge is 2.31. The van der Waals surface area contributed by atoms with Gasteiger partial charge in [0.25, 0.3) is 0 Å². The van der Waals surface area contributed by atoms with Gasteiger partial charge in [0, 0.05) is 0 Å². The second-order valence-corrected chi connectivity index (χ2v) is 3.29. The fraction of sp³-hybridized carbons (Fsp3) is 1.00. The van der Waals surface area contributed by atoms with Gasteiger partial charge in [-0.15, -0.1) is 12.4 Å². The summed E-state index contributed by atoms with van der Waals surface area (Å²) in [6, 6.07) is 0. The minimum atomic E-state index is -0.729. The van der Waals surface area contributed by atoms with E-state index in [2.05, 4.69) is 0 Å². The van der Waals surface area contributed by atoms with Crippen molar-refractivity contribution in [3.8, 4) is 0 Å². The van der Waals surface area contributed by atoms with Crippen molar-refractivity contribution in [2.75, 3.05) is 0 Å². The molecule has 0 saturated carbocycles. The summed E-state index contributed by atoms with van der Waals surface area (Å²) in [6.07, 6.45) is 0.867. The van der Waals surface area contributed by atoms with Crippen LogP contribution in [0.1, 0.15) is 40.5 Å². The van der Waals surface area contributed by atoms with Crippen LogP contribution in [0.4, 0.5) is 0 Å². The number of rotatable bonds is 5. The van der Waals surface area contributed by atoms with E-state index in [0.717, 1.165) is 0 Å². The van der Waals surface area contributed by atoms with Crippen molar-refractivity contribution in [2.24, 2.45) is 5.73 Å². The van der Waals surface area contributed by atoms with E-state index in [0.29, 0.717) is 12.8 Å². The molecular formula is C9H22ClNO2. The average Bonchev–Trinajstić information content (AvgIpc) is 2.02. The summed E-state index contributed by atoms with van der Waals surface area (Å²) in [4.78, 5) is 0. The predicted molar refractivity (Wildman–Crippen MR) is 57.0 cm³/mol. The molecule has 0 aliphatic heterocycles. The second-order valence-electron chi connectivity index (χ2n) is 3.29. The van der Waals surface area contributed by atoms with Gasteiger partial charge < -0.3 is 15.6 Å². The molecule has 2 atom stereocenters. The normalized spacial score (nSPS) is 16.2. The number of nitrogens with two attached hydrogens (primary N) is 1. The summed E-state index contributed by atoms with van der Waals surface area (Å²) in [5.74, 6) is 0. The molecule has 0 aliphatic carbocycles. The third-order valence-corrected chi connectivity index (χ3v) is 2.40. The van der Waals surface area contributed by atoms with Crippen molar-refractivity contribution in [1.29, 1.82) is 0 Å². The molecule has 0 saturated heterocycles. The van der Waals surface area contributed by atoms with E-state index in [-0.39, 0.29) is 24.7 Å². The minimum Gasteiger partial charge on any atom is -0.387 e. The van der Waals surface area contributed by atoms with Gasteiger partial charge in [0.2, 0.25) is 0 Å². The van der Waals surface area contributed by atoms with Gasteiger partial charge in [-0.3, -0.25) is 0 Å². The highest BCUT2D eigenvalue weighted by atomic mass is 35.5. The minimum absolute atomic E-state index is 0. The summed E-state index contributed by atoms with van der Waals surface area (Å²) in [5, 5.41) is 9.97. The maximum absolute atomic E-state index is 9.97. The van der Waals surface area contributed by atoms with Gasteiger partial charge in [-0.1, -0.05) is 13.8 Å². The van der Waals surface area contributed by atoms with Gasteiger partial charge in [0.15, 0.2) is 0 Å². The Morgan fingerprint density at radius 3 is 1.92 bits per heavy atom. The standard InChI is InChI=1S/C9H21NO2.ClH/c1-5-9(11,6-2)7(3)12-8(4)10;/h7-8,11H,5-6,10H2,1-4H3;1H/t7-,8?;/m1./s1. The van der Waals surface area contributed by atoms with Crippen molar-refractivity contribution in [1.82, 2.24) is 0 Å². The van der Waals surface area contributed by atoms with Crippen LogP contribution >= 0.6 is 12.4 Å². The maximum atomic E-state index is 9.97. The van der Waals surface area contributed by atoms with E-state index in [4.69, 9.17) is 10.5 Å². The van der Waals surface area contributed by atoms with Crippen LogP contribution in [0.15, 0.2) is 0 Å². The van der Waals surface area contributed by atoms with Crippen molar-refractivity contribution in [3.05, 3.63) is 0 Å². The first kappa shape index (κ1) is 15.6. The molecule has 0 amide bonds. The molecule has 0 radical (unpaired) electrons. The Morgan fingerprint density at radius 2 is 1.69 bits per heavy atom. The van der Waals surface area contributed by atoms with E-state index in [1.165, 1.54) is 0 Å². The predicted octanol–water partition coefficient (Wildman–Crippen LogP) is 1.67. The zero-order chi connectivity index (χ0) is 9.78. The van der Waals surface area contributed by atoms with Crippen molar-refractivity contribution < 1.29 is 9.84 Å². The highest BCUT2D eigenvalue weighted by molar-refractivity contribution is 5.85. The average molecular weight is 212 g/mol. The molecule has 0 heterocycles. The molecule has 4 heteroatoms. The van der Waals surface area contributed by atoms with Gasteiger partial charge in [0.05, 0.1) is 11.7 Å². The lowest BCUT2D eigenvalue weighted by Gasteiger charge is -2.33. The van der Waals surface area contributed by atoms with Crippen LogP contribution in [-0.4, -0.2) is 23.0 Å². The number of hydrogen-bond donors (Lipinski definition) is 2. The Hall–Kier alpha value is 0.170. The van der Waals surface area contributed by atoms with E-state index in [1.54, 1.807) is 6.92 Å². The van der Waals surface area contributed by atoms with Crippen LogP contribution < -0.4 is 5.73 Å². The highest BCUT2D eigenvalue weighted by Crippen LogP contribution is 2.22. The number of hydrogen-bond acceptors (Lipinski definition) is 3. The number of aliphatic hydroxyl groups is 1. The van der Waals surface area contributed by atoms with Gasteiger partial charge in [0.1, 0.15) is 6.23 Å². The summed E-state index contributed by atoms with van der Waals surface area (Å²) < 4.78 is 5.32. The van der Waals surface area contributed by atoms with Gasteiger partial charge in [-0.05, 0) is 26.7 Å². The molecule has 3 N–H and O–H groups in total. The van der Waals surface area contributed by atoms with Crippen LogP contribution in [0.5, 0.6) is 0 Å². The molecule has 3 nitrogen and oxygen atoms in total. The third kappa shape index (κ3) is 4.81. The summed E-state index contributed by atoms with van der Waals surface area (Å²) in [5.41, 5.74) is 4.74. The molecule has 82 valence electrons. The van der Waals surface area contributed by atoms with Gasteiger partial charge in [-0.25, -0.2) is 0 Å². The number of halogens is 1. The van der Waals surface area contributed by atoms with Gasteiger partial charge >= 0.3 is 0 Å². The molecule has 0 rings (SSSR count). The zero-order valence-electron chi connectivity index (χ0n) is 8.91. The van der Waals surface area contributed by atoms with E-state index in [1.807, 2.05) is 20.8 Å². The van der Waals surface area contributed by atoms with Crippen LogP contribution in [0.2, 0.25) is 0 Å². The third-order valence-electron chi connectivity index (χ3n) is 2.40. The van der Waals surface area contributed by atoms with Crippen molar-refractivity contribution in [2.45, 2.75) is 58.5 Å². The molecule has 0 bridgehead atoms. The molecular weight excluding hydrogens is 190 g/mol. The molecule has 0 spiro atoms. The molecule has 0 aromatic heterocycles. The van der Waals surface area contributed by atoms with Crippen LogP contribution in [0, 0.1) is 0 Å².